The molecule has 1 aromatic heterocycles. The molecule has 0 saturated carbocycles. The molecule has 6 nitrogen and oxygen atoms in total. The van der Waals surface area contributed by atoms with E-state index in [-0.39, 0.29) is 16.2 Å². The Morgan fingerprint density at radius 3 is 2.54 bits per heavy atom. The van der Waals surface area contributed by atoms with E-state index in [4.69, 9.17) is 4.52 Å². The fourth-order valence-electron chi connectivity index (χ4n) is 2.57. The van der Waals surface area contributed by atoms with Gasteiger partial charge in [-0.15, -0.1) is 0 Å². The van der Waals surface area contributed by atoms with Gasteiger partial charge in [0.25, 0.3) is 0 Å². The predicted octanol–water partition coefficient (Wildman–Crippen LogP) is 3.41. The summed E-state index contributed by atoms with van der Waals surface area (Å²) in [7, 11) is -2.46. The number of ether oxygens (including phenoxy) is 1. The average molecular weight is 371 g/mol. The largest absolute Gasteiger partial charge is 0.465 e. The molecule has 0 atom stereocenters. The molecule has 0 amide bonds. The van der Waals surface area contributed by atoms with Crippen LogP contribution in [0.1, 0.15) is 21.6 Å². The topological polar surface area (TPSA) is 86.5 Å². The Morgan fingerprint density at radius 2 is 1.85 bits per heavy atom. The zero-order valence-corrected chi connectivity index (χ0v) is 15.1. The van der Waals surface area contributed by atoms with Crippen LogP contribution in [-0.2, 0) is 20.3 Å². The first-order valence-corrected chi connectivity index (χ1v) is 9.48. The Hall–Kier alpha value is -2.93. The van der Waals surface area contributed by atoms with E-state index in [0.717, 1.165) is 5.56 Å². The van der Waals surface area contributed by atoms with Gasteiger partial charge in [0.15, 0.2) is 15.6 Å². The monoisotopic (exact) mass is 371 g/mol. The number of benzene rings is 2. The quantitative estimate of drug-likeness (QED) is 0.639. The zero-order valence-electron chi connectivity index (χ0n) is 14.3. The molecule has 134 valence electrons. The highest BCUT2D eigenvalue weighted by atomic mass is 32.2. The fourth-order valence-corrected chi connectivity index (χ4v) is 4.12. The molecule has 0 fully saturated rings. The molecule has 0 saturated heterocycles. The van der Waals surface area contributed by atoms with Crippen molar-refractivity contribution in [2.45, 2.75) is 17.6 Å². The number of methoxy groups -OCH3 is 1. The summed E-state index contributed by atoms with van der Waals surface area (Å²) in [5, 5.41) is 3.86. The van der Waals surface area contributed by atoms with Crippen molar-refractivity contribution in [2.75, 3.05) is 7.11 Å². The minimum Gasteiger partial charge on any atom is -0.465 e. The van der Waals surface area contributed by atoms with E-state index < -0.39 is 15.8 Å². The minimum atomic E-state index is -3.71. The lowest BCUT2D eigenvalue weighted by molar-refractivity contribution is 0.0600. The summed E-state index contributed by atoms with van der Waals surface area (Å²) in [4.78, 5) is 11.8. The predicted molar refractivity (Wildman–Crippen MR) is 95.3 cm³/mol. The van der Waals surface area contributed by atoms with Crippen molar-refractivity contribution in [3.8, 4) is 11.3 Å². The third-order valence-electron chi connectivity index (χ3n) is 3.90. The molecule has 26 heavy (non-hydrogen) atoms. The molecular formula is C19H17NO5S. The van der Waals surface area contributed by atoms with E-state index in [1.807, 2.05) is 30.3 Å². The van der Waals surface area contributed by atoms with Crippen LogP contribution in [0.3, 0.4) is 0 Å². The molecule has 0 aliphatic carbocycles. The van der Waals surface area contributed by atoms with Gasteiger partial charge in [-0.3, -0.25) is 0 Å². The van der Waals surface area contributed by atoms with Gasteiger partial charge in [0.05, 0.1) is 23.3 Å². The summed E-state index contributed by atoms with van der Waals surface area (Å²) in [5.74, 6) is -0.417. The van der Waals surface area contributed by atoms with Gasteiger partial charge in [-0.2, -0.15) is 0 Å². The lowest BCUT2D eigenvalue weighted by Gasteiger charge is -2.08. The number of aryl methyl sites for hydroxylation is 1. The van der Waals surface area contributed by atoms with Crippen LogP contribution < -0.4 is 0 Å². The van der Waals surface area contributed by atoms with Crippen molar-refractivity contribution in [1.29, 1.82) is 0 Å². The van der Waals surface area contributed by atoms with E-state index in [0.29, 0.717) is 17.0 Å². The third kappa shape index (κ3) is 3.67. The van der Waals surface area contributed by atoms with Gasteiger partial charge < -0.3 is 9.26 Å². The normalized spacial score (nSPS) is 11.3. The molecule has 0 unspecified atom stereocenters. The van der Waals surface area contributed by atoms with E-state index in [1.165, 1.54) is 19.2 Å². The van der Waals surface area contributed by atoms with E-state index in [2.05, 4.69) is 9.89 Å². The Bertz CT molecular complexity index is 1040. The second-order valence-electron chi connectivity index (χ2n) is 5.78. The molecular weight excluding hydrogens is 354 g/mol. The second kappa shape index (κ2) is 7.13. The molecule has 3 rings (SSSR count). The van der Waals surface area contributed by atoms with Gasteiger partial charge in [0.1, 0.15) is 5.75 Å². The average Bonchev–Trinajstić information content (AvgIpc) is 3.09. The Kier molecular flexibility index (Phi) is 4.90. The number of nitrogens with zero attached hydrogens (tertiary/aromatic N) is 1. The SMILES string of the molecule is COC(=O)c1ccc(C)c(S(=O)(=O)Cc2cc(-c3ccccc3)on2)c1. The first-order valence-electron chi connectivity index (χ1n) is 7.83. The Balaban J connectivity index is 1.90. The lowest BCUT2D eigenvalue weighted by atomic mass is 10.1. The highest BCUT2D eigenvalue weighted by Gasteiger charge is 2.22. The molecule has 0 spiro atoms. The van der Waals surface area contributed by atoms with Crippen LogP contribution in [-0.4, -0.2) is 26.7 Å². The number of aromatic nitrogens is 1. The summed E-state index contributed by atoms with van der Waals surface area (Å²) in [5.41, 5.74) is 1.84. The zero-order chi connectivity index (χ0) is 18.7. The van der Waals surface area contributed by atoms with Crippen molar-refractivity contribution >= 4 is 15.8 Å². The minimum absolute atomic E-state index is 0.0738. The maximum absolute atomic E-state index is 12.8. The molecule has 0 aliphatic rings. The van der Waals surface area contributed by atoms with E-state index >= 15 is 0 Å². The smallest absolute Gasteiger partial charge is 0.337 e. The maximum atomic E-state index is 12.8. The van der Waals surface area contributed by atoms with Crippen LogP contribution in [0.5, 0.6) is 0 Å². The van der Waals surface area contributed by atoms with Crippen LogP contribution >= 0.6 is 0 Å². The number of carbonyl (C=O) groups is 1. The van der Waals surface area contributed by atoms with Gasteiger partial charge >= 0.3 is 5.97 Å². The third-order valence-corrected chi connectivity index (χ3v) is 5.69. The fraction of sp³-hybridized carbons (Fsp3) is 0.158. The van der Waals surface area contributed by atoms with Crippen LogP contribution in [0.15, 0.2) is 64.0 Å². The van der Waals surface area contributed by atoms with Gasteiger partial charge in [-0.25, -0.2) is 13.2 Å². The summed E-state index contributed by atoms with van der Waals surface area (Å²) >= 11 is 0. The number of carbonyl (C=O) groups excluding carboxylic acids is 1. The first kappa shape index (κ1) is 17.9. The van der Waals surface area contributed by atoms with E-state index in [1.54, 1.807) is 19.1 Å². The molecule has 2 aromatic carbocycles. The molecule has 0 bridgehead atoms. The summed E-state index contributed by atoms with van der Waals surface area (Å²) in [6, 6.07) is 15.3. The number of esters is 1. The van der Waals surface area contributed by atoms with E-state index in [9.17, 15) is 13.2 Å². The van der Waals surface area contributed by atoms with Crippen molar-refractivity contribution in [1.82, 2.24) is 5.16 Å². The molecule has 7 heteroatoms. The molecule has 0 N–H and O–H groups in total. The van der Waals surface area contributed by atoms with Crippen LogP contribution in [0.4, 0.5) is 0 Å². The summed E-state index contributed by atoms with van der Waals surface area (Å²) in [6.07, 6.45) is 0. The van der Waals surface area contributed by atoms with Gasteiger partial charge in [-0.05, 0) is 24.6 Å². The van der Waals surface area contributed by atoms with Crippen molar-refractivity contribution in [2.24, 2.45) is 0 Å². The van der Waals surface area contributed by atoms with Gasteiger partial charge in [-0.1, -0.05) is 41.6 Å². The van der Waals surface area contributed by atoms with Crippen molar-refractivity contribution in [3.63, 3.8) is 0 Å². The molecule has 3 aromatic rings. The second-order valence-corrected chi connectivity index (χ2v) is 7.74. The standard InChI is InChI=1S/C19H17NO5S/c1-13-8-9-15(19(21)24-2)10-18(13)26(22,23)12-16-11-17(25-20-16)14-6-4-3-5-7-14/h3-11H,12H2,1-2H3. The van der Waals surface area contributed by atoms with Crippen LogP contribution in [0.25, 0.3) is 11.3 Å². The number of sulfone groups is 1. The highest BCUT2D eigenvalue weighted by molar-refractivity contribution is 7.90. The van der Waals surface area contributed by atoms with Gasteiger partial charge in [0.2, 0.25) is 0 Å². The first-order chi connectivity index (χ1) is 12.4. The number of hydrogen-bond acceptors (Lipinski definition) is 6. The molecule has 0 radical (unpaired) electrons. The summed E-state index contributed by atoms with van der Waals surface area (Å²) in [6.45, 7) is 1.67. The lowest BCUT2D eigenvalue weighted by Crippen LogP contribution is -2.09. The van der Waals surface area contributed by atoms with Gasteiger partial charge in [0, 0.05) is 11.6 Å². The van der Waals surface area contributed by atoms with Crippen LogP contribution in [0.2, 0.25) is 0 Å². The highest BCUT2D eigenvalue weighted by Crippen LogP contribution is 2.25. The maximum Gasteiger partial charge on any atom is 0.337 e. The molecule has 0 aliphatic heterocycles. The van der Waals surface area contributed by atoms with Crippen molar-refractivity contribution in [3.05, 3.63) is 71.4 Å². The molecule has 1 heterocycles. The Labute approximate surface area is 151 Å². The summed E-state index contributed by atoms with van der Waals surface area (Å²) < 4.78 is 35.5. The van der Waals surface area contributed by atoms with Crippen molar-refractivity contribution < 1.29 is 22.5 Å². The number of hydrogen-bond donors (Lipinski definition) is 0. The Morgan fingerprint density at radius 1 is 1.12 bits per heavy atom. The van der Waals surface area contributed by atoms with Crippen LogP contribution in [0, 0.1) is 6.92 Å². The number of rotatable bonds is 5.